The first-order chi connectivity index (χ1) is 12.5. The number of hydrogen-bond donors (Lipinski definition) is 0. The number of benzene rings is 2. The van der Waals surface area contributed by atoms with Gasteiger partial charge in [0.05, 0.1) is 16.3 Å². The Morgan fingerprint density at radius 3 is 2.58 bits per heavy atom. The van der Waals surface area contributed by atoms with Gasteiger partial charge in [-0.3, -0.25) is 4.79 Å². The second-order valence-electron chi connectivity index (χ2n) is 6.52. The van der Waals surface area contributed by atoms with Gasteiger partial charge < -0.3 is 0 Å². The average Bonchev–Trinajstić information content (AvgIpc) is 3.03. The van der Waals surface area contributed by atoms with Crippen molar-refractivity contribution in [3.8, 4) is 11.3 Å². The molecule has 0 amide bonds. The van der Waals surface area contributed by atoms with Crippen molar-refractivity contribution >= 4 is 21.6 Å². The molecule has 0 bridgehead atoms. The van der Waals surface area contributed by atoms with E-state index < -0.39 is 0 Å². The highest BCUT2D eigenvalue weighted by atomic mass is 32.1. The number of nitrogens with zero attached hydrogens (tertiary/aromatic N) is 3. The second-order valence-corrected chi connectivity index (χ2v) is 7.72. The summed E-state index contributed by atoms with van der Waals surface area (Å²) in [7, 11) is 0. The minimum atomic E-state index is -0.134. The number of aromatic nitrogens is 3. The Morgan fingerprint density at radius 1 is 1.04 bits per heavy atom. The Balaban J connectivity index is 1.94. The highest BCUT2D eigenvalue weighted by Gasteiger charge is 2.16. The SMILES string of the molecule is Cc1ccc(C)c(Cn2nc(-c3ccccc3)c3sc(C)nc3c2=O)c1. The van der Waals surface area contributed by atoms with Gasteiger partial charge in [0.25, 0.3) is 5.56 Å². The van der Waals surface area contributed by atoms with Crippen molar-refractivity contribution in [2.75, 3.05) is 0 Å². The van der Waals surface area contributed by atoms with E-state index in [9.17, 15) is 4.79 Å². The summed E-state index contributed by atoms with van der Waals surface area (Å²) in [6, 6.07) is 16.3. The zero-order valence-electron chi connectivity index (χ0n) is 15.0. The normalized spacial score (nSPS) is 11.2. The van der Waals surface area contributed by atoms with Crippen molar-refractivity contribution in [2.24, 2.45) is 0 Å². The maximum absolute atomic E-state index is 13.0. The zero-order chi connectivity index (χ0) is 18.3. The maximum Gasteiger partial charge on any atom is 0.294 e. The third-order valence-electron chi connectivity index (χ3n) is 4.48. The van der Waals surface area contributed by atoms with Gasteiger partial charge in [-0.15, -0.1) is 11.3 Å². The fourth-order valence-electron chi connectivity index (χ4n) is 3.09. The topological polar surface area (TPSA) is 47.8 Å². The molecule has 2 aromatic heterocycles. The van der Waals surface area contributed by atoms with Crippen LogP contribution in [0.2, 0.25) is 0 Å². The Kier molecular flexibility index (Phi) is 4.17. The number of rotatable bonds is 3. The largest absolute Gasteiger partial charge is 0.294 e. The van der Waals surface area contributed by atoms with Crippen molar-refractivity contribution in [2.45, 2.75) is 27.3 Å². The molecule has 130 valence electrons. The smallest absolute Gasteiger partial charge is 0.265 e. The first-order valence-corrected chi connectivity index (χ1v) is 9.34. The van der Waals surface area contributed by atoms with Gasteiger partial charge in [0.1, 0.15) is 5.69 Å². The van der Waals surface area contributed by atoms with Gasteiger partial charge in [0, 0.05) is 5.56 Å². The lowest BCUT2D eigenvalue weighted by molar-refractivity contribution is 0.647. The molecule has 0 radical (unpaired) electrons. The van der Waals surface area contributed by atoms with Crippen LogP contribution in [0, 0.1) is 20.8 Å². The summed E-state index contributed by atoms with van der Waals surface area (Å²) in [6.45, 7) is 6.48. The Labute approximate surface area is 155 Å². The molecule has 4 rings (SSSR count). The fraction of sp³-hybridized carbons (Fsp3) is 0.190. The van der Waals surface area contributed by atoms with Gasteiger partial charge in [-0.05, 0) is 31.9 Å². The van der Waals surface area contributed by atoms with Crippen LogP contribution < -0.4 is 5.56 Å². The van der Waals surface area contributed by atoms with Gasteiger partial charge in [0.15, 0.2) is 5.52 Å². The van der Waals surface area contributed by atoms with E-state index in [2.05, 4.69) is 37.0 Å². The molecule has 0 spiro atoms. The van der Waals surface area contributed by atoms with E-state index in [1.807, 2.05) is 37.3 Å². The van der Waals surface area contributed by atoms with Crippen LogP contribution in [0.4, 0.5) is 0 Å². The predicted molar refractivity (Wildman–Crippen MR) is 107 cm³/mol. The standard InChI is InChI=1S/C21H19N3OS/c1-13-9-10-14(2)17(11-13)12-24-21(25)19-20(26-15(3)22-19)18(23-24)16-7-5-4-6-8-16/h4-11H,12H2,1-3H3. The van der Waals surface area contributed by atoms with E-state index in [0.717, 1.165) is 32.1 Å². The van der Waals surface area contributed by atoms with Crippen molar-refractivity contribution < 1.29 is 0 Å². The van der Waals surface area contributed by atoms with Crippen LogP contribution in [0.1, 0.15) is 21.7 Å². The second kappa shape index (κ2) is 6.50. The van der Waals surface area contributed by atoms with Crippen molar-refractivity contribution in [1.82, 2.24) is 14.8 Å². The Hall–Kier alpha value is -2.79. The van der Waals surface area contributed by atoms with Crippen LogP contribution >= 0.6 is 11.3 Å². The molecular weight excluding hydrogens is 342 g/mol. The molecular formula is C21H19N3OS. The molecule has 0 saturated carbocycles. The monoisotopic (exact) mass is 361 g/mol. The van der Waals surface area contributed by atoms with E-state index in [0.29, 0.717) is 12.1 Å². The molecule has 2 heterocycles. The first kappa shape index (κ1) is 16.7. The minimum Gasteiger partial charge on any atom is -0.265 e. The molecule has 5 heteroatoms. The molecule has 4 nitrogen and oxygen atoms in total. The molecule has 0 saturated heterocycles. The molecule has 0 N–H and O–H groups in total. The quantitative estimate of drug-likeness (QED) is 0.540. The molecule has 0 aliphatic carbocycles. The van der Waals surface area contributed by atoms with Crippen molar-refractivity contribution in [1.29, 1.82) is 0 Å². The van der Waals surface area contributed by atoms with E-state index in [-0.39, 0.29) is 5.56 Å². The summed E-state index contributed by atoms with van der Waals surface area (Å²) < 4.78 is 2.40. The van der Waals surface area contributed by atoms with Crippen LogP contribution in [0.25, 0.3) is 21.5 Å². The molecule has 0 aliphatic heterocycles. The Morgan fingerprint density at radius 2 is 1.81 bits per heavy atom. The lowest BCUT2D eigenvalue weighted by Crippen LogP contribution is -2.24. The van der Waals surface area contributed by atoms with Crippen LogP contribution in [0.5, 0.6) is 0 Å². The van der Waals surface area contributed by atoms with Gasteiger partial charge in [-0.1, -0.05) is 54.1 Å². The van der Waals surface area contributed by atoms with Crippen LogP contribution in [-0.2, 0) is 6.54 Å². The molecule has 0 fully saturated rings. The van der Waals surface area contributed by atoms with Crippen LogP contribution in [-0.4, -0.2) is 14.8 Å². The highest BCUT2D eigenvalue weighted by Crippen LogP contribution is 2.29. The number of thiazole rings is 1. The van der Waals surface area contributed by atoms with E-state index in [4.69, 9.17) is 5.10 Å². The van der Waals surface area contributed by atoms with Gasteiger partial charge in [-0.25, -0.2) is 9.67 Å². The van der Waals surface area contributed by atoms with Gasteiger partial charge >= 0.3 is 0 Å². The van der Waals surface area contributed by atoms with Crippen molar-refractivity contribution in [3.05, 3.63) is 80.6 Å². The average molecular weight is 361 g/mol. The maximum atomic E-state index is 13.0. The summed E-state index contributed by atoms with van der Waals surface area (Å²) in [5, 5.41) is 5.60. The van der Waals surface area contributed by atoms with Gasteiger partial charge in [-0.2, -0.15) is 5.10 Å². The van der Waals surface area contributed by atoms with E-state index >= 15 is 0 Å². The lowest BCUT2D eigenvalue weighted by Gasteiger charge is -2.11. The van der Waals surface area contributed by atoms with Crippen molar-refractivity contribution in [3.63, 3.8) is 0 Å². The molecule has 26 heavy (non-hydrogen) atoms. The molecule has 2 aromatic carbocycles. The summed E-state index contributed by atoms with van der Waals surface area (Å²) in [4.78, 5) is 17.5. The molecule has 0 unspecified atom stereocenters. The summed E-state index contributed by atoms with van der Waals surface area (Å²) in [5.41, 5.74) is 5.61. The fourth-order valence-corrected chi connectivity index (χ4v) is 4.01. The first-order valence-electron chi connectivity index (χ1n) is 8.53. The number of fused-ring (bicyclic) bond motifs is 1. The highest BCUT2D eigenvalue weighted by molar-refractivity contribution is 7.19. The van der Waals surface area contributed by atoms with Crippen LogP contribution in [0.3, 0.4) is 0 Å². The summed E-state index contributed by atoms with van der Waals surface area (Å²) in [5.74, 6) is 0. The van der Waals surface area contributed by atoms with E-state index in [1.165, 1.54) is 16.9 Å². The van der Waals surface area contributed by atoms with Gasteiger partial charge in [0.2, 0.25) is 0 Å². The zero-order valence-corrected chi connectivity index (χ0v) is 15.8. The lowest BCUT2D eigenvalue weighted by atomic mass is 10.1. The molecule has 0 atom stereocenters. The number of aryl methyl sites for hydroxylation is 3. The van der Waals surface area contributed by atoms with E-state index in [1.54, 1.807) is 4.68 Å². The molecule has 0 aliphatic rings. The molecule has 4 aromatic rings. The van der Waals surface area contributed by atoms with Crippen LogP contribution in [0.15, 0.2) is 53.3 Å². The third-order valence-corrected chi connectivity index (χ3v) is 5.46. The number of hydrogen-bond acceptors (Lipinski definition) is 4. The summed E-state index contributed by atoms with van der Waals surface area (Å²) >= 11 is 1.52. The third kappa shape index (κ3) is 2.95. The minimum absolute atomic E-state index is 0.134. The predicted octanol–water partition coefficient (Wildman–Crippen LogP) is 4.49. The Bertz CT molecular complexity index is 1160. The summed E-state index contributed by atoms with van der Waals surface area (Å²) in [6.07, 6.45) is 0.